The smallest absolute Gasteiger partial charge is 0.287 e. The summed E-state index contributed by atoms with van der Waals surface area (Å²) < 4.78 is 0. The van der Waals surface area contributed by atoms with E-state index in [9.17, 15) is 9.59 Å². The third kappa shape index (κ3) is 6.85. The van der Waals surface area contributed by atoms with E-state index in [4.69, 9.17) is 19.6 Å². The highest BCUT2D eigenvalue weighted by molar-refractivity contribution is 6.96. The first-order valence-corrected chi connectivity index (χ1v) is 19.3. The van der Waals surface area contributed by atoms with Gasteiger partial charge in [0.2, 0.25) is 0 Å². The van der Waals surface area contributed by atoms with Gasteiger partial charge in [0.15, 0.2) is 11.5 Å². The lowest BCUT2D eigenvalue weighted by Gasteiger charge is -2.26. The first kappa shape index (κ1) is 31.2. The molecular formula is C32H42O6Si2. The molecule has 2 aromatic carbocycles. The van der Waals surface area contributed by atoms with Crippen LogP contribution in [0.1, 0.15) is 74.1 Å². The summed E-state index contributed by atoms with van der Waals surface area (Å²) in [7, 11) is -3.51. The molecule has 8 heteroatoms. The summed E-state index contributed by atoms with van der Waals surface area (Å²) in [4.78, 5) is 46.4. The van der Waals surface area contributed by atoms with Gasteiger partial charge in [0.1, 0.15) is 16.1 Å². The van der Waals surface area contributed by atoms with Crippen LogP contribution in [-0.2, 0) is 19.6 Å². The standard InChI is InChI=1S/C32H42O6Si2/c1-7-39(8-2,9-3)27-21-17-25(18-22-27)31(33)37-35-29-15-13-14-16-30(29)36-38-32(34)26-19-23-28(24-20-26)40(10-4,11-5)12-6/h7,10,17-24H,1,4,8-9,11-16H2,2-3,5-6H3. The summed E-state index contributed by atoms with van der Waals surface area (Å²) >= 11 is 0. The van der Waals surface area contributed by atoms with Crippen LogP contribution in [0.5, 0.6) is 0 Å². The molecule has 0 aromatic heterocycles. The van der Waals surface area contributed by atoms with Crippen molar-refractivity contribution in [2.75, 3.05) is 0 Å². The van der Waals surface area contributed by atoms with E-state index in [0.29, 0.717) is 35.5 Å². The summed E-state index contributed by atoms with van der Waals surface area (Å²) in [6, 6.07) is 19.2. The van der Waals surface area contributed by atoms with E-state index < -0.39 is 28.1 Å². The number of rotatable bonds is 14. The van der Waals surface area contributed by atoms with Gasteiger partial charge in [-0.3, -0.25) is 9.78 Å². The van der Waals surface area contributed by atoms with Gasteiger partial charge in [-0.25, -0.2) is 19.4 Å². The molecular weight excluding hydrogens is 537 g/mol. The molecule has 0 saturated heterocycles. The van der Waals surface area contributed by atoms with Crippen LogP contribution < -0.4 is 10.4 Å². The fraction of sp³-hybridized carbons (Fsp3) is 0.375. The van der Waals surface area contributed by atoms with Crippen molar-refractivity contribution in [3.8, 4) is 0 Å². The number of benzene rings is 2. The number of carbonyl (C=O) groups excluding carboxylic acids is 2. The molecule has 0 saturated carbocycles. The molecule has 0 aliphatic heterocycles. The lowest BCUT2D eigenvalue weighted by molar-refractivity contribution is -0.239. The summed E-state index contributed by atoms with van der Waals surface area (Å²) in [6.45, 7) is 16.9. The molecule has 0 unspecified atom stereocenters. The lowest BCUT2D eigenvalue weighted by Crippen LogP contribution is -2.44. The van der Waals surface area contributed by atoms with Crippen LogP contribution in [-0.4, -0.2) is 28.1 Å². The second kappa shape index (κ2) is 14.3. The van der Waals surface area contributed by atoms with Gasteiger partial charge < -0.3 is 0 Å². The van der Waals surface area contributed by atoms with Gasteiger partial charge in [0, 0.05) is 12.8 Å². The van der Waals surface area contributed by atoms with E-state index in [1.165, 1.54) is 10.4 Å². The van der Waals surface area contributed by atoms with Crippen molar-refractivity contribution in [2.24, 2.45) is 0 Å². The number of allylic oxidation sites excluding steroid dienone is 2. The molecule has 0 N–H and O–H groups in total. The summed E-state index contributed by atoms with van der Waals surface area (Å²) in [6.07, 6.45) is 2.71. The van der Waals surface area contributed by atoms with Crippen molar-refractivity contribution in [1.82, 2.24) is 0 Å². The highest BCUT2D eigenvalue weighted by atomic mass is 28.3. The molecule has 0 atom stereocenters. The Morgan fingerprint density at radius 2 is 0.975 bits per heavy atom. The lowest BCUT2D eigenvalue weighted by atomic mass is 10.0. The minimum atomic E-state index is -1.75. The van der Waals surface area contributed by atoms with E-state index in [-0.39, 0.29) is 0 Å². The van der Waals surface area contributed by atoms with Crippen LogP contribution in [0.15, 0.2) is 84.6 Å². The Balaban J connectivity index is 1.62. The zero-order chi connectivity index (χ0) is 29.2. The van der Waals surface area contributed by atoms with Gasteiger partial charge in [0.05, 0.1) is 11.1 Å². The molecule has 40 heavy (non-hydrogen) atoms. The molecule has 0 radical (unpaired) electrons. The van der Waals surface area contributed by atoms with Gasteiger partial charge in [-0.15, -0.1) is 13.2 Å². The average Bonchev–Trinajstić information content (AvgIpc) is 3.02. The third-order valence-electron chi connectivity index (χ3n) is 8.50. The Hall–Kier alpha value is -3.37. The molecule has 214 valence electrons. The van der Waals surface area contributed by atoms with Gasteiger partial charge in [-0.2, -0.15) is 0 Å². The van der Waals surface area contributed by atoms with Crippen LogP contribution >= 0.6 is 0 Å². The van der Waals surface area contributed by atoms with Crippen molar-refractivity contribution in [2.45, 2.75) is 77.6 Å². The Morgan fingerprint density at radius 3 is 1.25 bits per heavy atom. The van der Waals surface area contributed by atoms with E-state index in [0.717, 1.165) is 37.0 Å². The molecule has 6 nitrogen and oxygen atoms in total. The first-order chi connectivity index (χ1) is 19.3. The van der Waals surface area contributed by atoms with Crippen LogP contribution in [0.2, 0.25) is 24.2 Å². The Bertz CT molecular complexity index is 1110. The maximum Gasteiger partial charge on any atom is 0.386 e. The van der Waals surface area contributed by atoms with Gasteiger partial charge >= 0.3 is 11.9 Å². The maximum absolute atomic E-state index is 12.7. The molecule has 0 bridgehead atoms. The highest BCUT2D eigenvalue weighted by Gasteiger charge is 2.29. The zero-order valence-corrected chi connectivity index (χ0v) is 26.3. The van der Waals surface area contributed by atoms with Crippen molar-refractivity contribution in [3.63, 3.8) is 0 Å². The quantitative estimate of drug-likeness (QED) is 0.134. The Kier molecular flexibility index (Phi) is 11.2. The first-order valence-electron chi connectivity index (χ1n) is 14.3. The van der Waals surface area contributed by atoms with Crippen molar-refractivity contribution in [3.05, 3.63) is 95.7 Å². The van der Waals surface area contributed by atoms with E-state index >= 15 is 0 Å². The summed E-state index contributed by atoms with van der Waals surface area (Å²) in [5.41, 5.74) is 5.00. The van der Waals surface area contributed by atoms with Gasteiger partial charge in [0.25, 0.3) is 0 Å². The molecule has 1 aliphatic rings. The third-order valence-corrected chi connectivity index (χ3v) is 18.1. The van der Waals surface area contributed by atoms with Gasteiger partial charge in [-0.1, -0.05) is 97.9 Å². The zero-order valence-electron chi connectivity index (χ0n) is 24.3. The maximum atomic E-state index is 12.7. The van der Waals surface area contributed by atoms with Crippen molar-refractivity contribution in [1.29, 1.82) is 0 Å². The minimum absolute atomic E-state index is 0.349. The molecule has 0 heterocycles. The summed E-state index contributed by atoms with van der Waals surface area (Å²) in [5, 5.41) is 2.48. The molecule has 1 aliphatic carbocycles. The molecule has 0 fully saturated rings. The highest BCUT2D eigenvalue weighted by Crippen LogP contribution is 2.27. The van der Waals surface area contributed by atoms with Crippen molar-refractivity contribution < 1.29 is 29.1 Å². The number of hydrogen-bond acceptors (Lipinski definition) is 6. The minimum Gasteiger partial charge on any atom is -0.287 e. The van der Waals surface area contributed by atoms with E-state index in [1.54, 1.807) is 24.3 Å². The number of carbonyl (C=O) groups is 2. The molecule has 0 amide bonds. The van der Waals surface area contributed by atoms with Crippen molar-refractivity contribution >= 4 is 38.5 Å². The Labute approximate surface area is 240 Å². The predicted molar refractivity (Wildman–Crippen MR) is 164 cm³/mol. The largest absolute Gasteiger partial charge is 0.386 e. The number of hydrogen-bond donors (Lipinski definition) is 0. The topological polar surface area (TPSA) is 71.1 Å². The van der Waals surface area contributed by atoms with Crippen LogP contribution in [0, 0.1) is 0 Å². The van der Waals surface area contributed by atoms with Crippen LogP contribution in [0.4, 0.5) is 0 Å². The monoisotopic (exact) mass is 578 g/mol. The SMILES string of the molecule is C=C[Si](CC)(CC)c1ccc(C(=O)OOC2=C(OOC(=O)c3ccc([Si](C=C)(CC)CC)cc3)CCCC2)cc1. The molecule has 3 rings (SSSR count). The normalized spacial score (nSPS) is 13.8. The van der Waals surface area contributed by atoms with Crippen LogP contribution in [0.3, 0.4) is 0 Å². The second-order valence-electron chi connectivity index (χ2n) is 10.3. The van der Waals surface area contributed by atoms with E-state index in [2.05, 4.69) is 52.3 Å². The Morgan fingerprint density at radius 1 is 0.650 bits per heavy atom. The average molecular weight is 579 g/mol. The van der Waals surface area contributed by atoms with Crippen LogP contribution in [0.25, 0.3) is 0 Å². The second-order valence-corrected chi connectivity index (χ2v) is 19.7. The predicted octanol–water partition coefficient (Wildman–Crippen LogP) is 7.19. The molecule has 2 aromatic rings. The summed E-state index contributed by atoms with van der Waals surface area (Å²) in [5.74, 6) is -0.499. The van der Waals surface area contributed by atoms with E-state index in [1.807, 2.05) is 24.3 Å². The molecule has 0 spiro atoms. The fourth-order valence-corrected chi connectivity index (χ4v) is 11.2. The van der Waals surface area contributed by atoms with Gasteiger partial charge in [-0.05, 0) is 37.1 Å². The fourth-order valence-electron chi connectivity index (χ4n) is 5.30.